The van der Waals surface area contributed by atoms with Gasteiger partial charge in [0.05, 0.1) is 23.5 Å². The van der Waals surface area contributed by atoms with Crippen LogP contribution in [0.5, 0.6) is 0 Å². The van der Waals surface area contributed by atoms with Crippen molar-refractivity contribution in [2.45, 2.75) is 5.88 Å². The van der Waals surface area contributed by atoms with E-state index in [1.165, 1.54) is 12.3 Å². The number of hydrogen-bond acceptors (Lipinski definition) is 2. The molecule has 0 saturated carbocycles. The lowest BCUT2D eigenvalue weighted by molar-refractivity contribution is 0.608. The summed E-state index contributed by atoms with van der Waals surface area (Å²) < 4.78 is 12.6. The summed E-state index contributed by atoms with van der Waals surface area (Å²) in [4.78, 5) is 3.66. The molecule has 1 aromatic heterocycles. The van der Waals surface area contributed by atoms with Crippen LogP contribution in [-0.4, -0.2) is 4.98 Å². The Balaban J connectivity index is 3.07. The van der Waals surface area contributed by atoms with E-state index in [0.29, 0.717) is 5.69 Å². The summed E-state index contributed by atoms with van der Waals surface area (Å²) >= 11 is 5.34. The second-order valence-corrected chi connectivity index (χ2v) is 2.10. The molecular formula is C6H6ClFN2. The third-order valence-corrected chi connectivity index (χ3v) is 1.32. The standard InChI is InChI=1S/C6H6ClFN2/c7-2-6-5(8)1-4(9)3-10-6/h1,3H,2,9H2. The fraction of sp³-hybridized carbons (Fsp3) is 0.167. The Morgan fingerprint density at radius 1 is 1.70 bits per heavy atom. The Morgan fingerprint density at radius 3 is 2.90 bits per heavy atom. The van der Waals surface area contributed by atoms with Gasteiger partial charge in [0.15, 0.2) is 0 Å². The summed E-state index contributed by atoms with van der Waals surface area (Å²) in [6.07, 6.45) is 1.38. The molecule has 0 fully saturated rings. The van der Waals surface area contributed by atoms with Crippen molar-refractivity contribution in [3.63, 3.8) is 0 Å². The Bertz CT molecular complexity index is 239. The maximum Gasteiger partial charge on any atom is 0.147 e. The van der Waals surface area contributed by atoms with Crippen molar-refractivity contribution in [1.29, 1.82) is 0 Å². The predicted octanol–water partition coefficient (Wildman–Crippen LogP) is 1.54. The number of rotatable bonds is 1. The third kappa shape index (κ3) is 1.36. The lowest BCUT2D eigenvalue weighted by atomic mass is 10.3. The van der Waals surface area contributed by atoms with E-state index in [9.17, 15) is 4.39 Å². The summed E-state index contributed by atoms with van der Waals surface area (Å²) in [6, 6.07) is 1.20. The van der Waals surface area contributed by atoms with Crippen LogP contribution in [0.3, 0.4) is 0 Å². The largest absolute Gasteiger partial charge is 0.397 e. The zero-order valence-corrected chi connectivity index (χ0v) is 5.90. The molecule has 0 aliphatic rings. The lowest BCUT2D eigenvalue weighted by Gasteiger charge is -1.96. The minimum Gasteiger partial charge on any atom is -0.397 e. The summed E-state index contributed by atoms with van der Waals surface area (Å²) in [5, 5.41) is 0. The van der Waals surface area contributed by atoms with Crippen LogP contribution in [0.25, 0.3) is 0 Å². The molecule has 0 aromatic carbocycles. The molecule has 0 spiro atoms. The Kier molecular flexibility index (Phi) is 2.06. The summed E-state index contributed by atoms with van der Waals surface area (Å²) in [5.41, 5.74) is 5.78. The van der Waals surface area contributed by atoms with Crippen molar-refractivity contribution in [3.05, 3.63) is 23.8 Å². The zero-order valence-electron chi connectivity index (χ0n) is 5.14. The molecule has 4 heteroatoms. The van der Waals surface area contributed by atoms with Gasteiger partial charge in [0, 0.05) is 6.07 Å². The van der Waals surface area contributed by atoms with Gasteiger partial charge in [0.1, 0.15) is 5.82 Å². The molecule has 0 aliphatic heterocycles. The minimum atomic E-state index is -0.449. The Labute approximate surface area is 62.8 Å². The molecule has 10 heavy (non-hydrogen) atoms. The molecule has 1 rings (SSSR count). The summed E-state index contributed by atoms with van der Waals surface area (Å²) in [7, 11) is 0. The molecule has 1 heterocycles. The van der Waals surface area contributed by atoms with Crippen molar-refractivity contribution in [1.82, 2.24) is 4.98 Å². The molecule has 0 amide bonds. The number of halogens is 2. The number of alkyl halides is 1. The van der Waals surface area contributed by atoms with Crippen molar-refractivity contribution in [3.8, 4) is 0 Å². The van der Waals surface area contributed by atoms with Gasteiger partial charge in [-0.1, -0.05) is 0 Å². The van der Waals surface area contributed by atoms with E-state index >= 15 is 0 Å². The molecule has 0 saturated heterocycles. The topological polar surface area (TPSA) is 38.9 Å². The van der Waals surface area contributed by atoms with E-state index in [1.807, 2.05) is 0 Å². The highest BCUT2D eigenvalue weighted by Gasteiger charge is 2.00. The predicted molar refractivity (Wildman–Crippen MR) is 38.2 cm³/mol. The van der Waals surface area contributed by atoms with E-state index in [0.717, 1.165) is 0 Å². The van der Waals surface area contributed by atoms with Crippen molar-refractivity contribution >= 4 is 17.3 Å². The highest BCUT2D eigenvalue weighted by molar-refractivity contribution is 6.16. The van der Waals surface area contributed by atoms with Crippen molar-refractivity contribution < 1.29 is 4.39 Å². The average Bonchev–Trinajstić information content (AvgIpc) is 1.88. The molecule has 0 atom stereocenters. The number of nitrogen functional groups attached to an aromatic ring is 1. The minimum absolute atomic E-state index is 0.0755. The first-order chi connectivity index (χ1) is 4.74. The van der Waals surface area contributed by atoms with Crippen LogP contribution in [0, 0.1) is 5.82 Å². The van der Waals surface area contributed by atoms with Gasteiger partial charge in [-0.2, -0.15) is 0 Å². The highest BCUT2D eigenvalue weighted by atomic mass is 35.5. The van der Waals surface area contributed by atoms with Gasteiger partial charge in [-0.25, -0.2) is 4.39 Å². The highest BCUT2D eigenvalue weighted by Crippen LogP contribution is 2.09. The fourth-order valence-electron chi connectivity index (χ4n) is 0.579. The van der Waals surface area contributed by atoms with Crippen molar-refractivity contribution in [2.75, 3.05) is 5.73 Å². The zero-order chi connectivity index (χ0) is 7.56. The van der Waals surface area contributed by atoms with Crippen LogP contribution in [0.15, 0.2) is 12.3 Å². The molecule has 0 bridgehead atoms. The Morgan fingerprint density at radius 2 is 2.40 bits per heavy atom. The fourth-order valence-corrected chi connectivity index (χ4v) is 0.776. The quantitative estimate of drug-likeness (QED) is 0.633. The second-order valence-electron chi connectivity index (χ2n) is 1.83. The lowest BCUT2D eigenvalue weighted by Crippen LogP contribution is -1.94. The first kappa shape index (κ1) is 7.28. The molecule has 54 valence electrons. The number of nitrogens with zero attached hydrogens (tertiary/aromatic N) is 1. The number of pyridine rings is 1. The van der Waals surface area contributed by atoms with E-state index in [-0.39, 0.29) is 11.6 Å². The molecule has 1 aromatic rings. The van der Waals surface area contributed by atoms with E-state index in [1.54, 1.807) is 0 Å². The van der Waals surface area contributed by atoms with E-state index in [4.69, 9.17) is 17.3 Å². The maximum atomic E-state index is 12.6. The molecule has 0 unspecified atom stereocenters. The SMILES string of the molecule is Nc1cnc(CCl)c(F)c1. The van der Waals surface area contributed by atoms with Gasteiger partial charge >= 0.3 is 0 Å². The molecule has 2 N–H and O–H groups in total. The van der Waals surface area contributed by atoms with E-state index in [2.05, 4.69) is 4.98 Å². The van der Waals surface area contributed by atoms with E-state index < -0.39 is 5.82 Å². The van der Waals surface area contributed by atoms with Crippen LogP contribution in [0.4, 0.5) is 10.1 Å². The third-order valence-electron chi connectivity index (χ3n) is 1.07. The van der Waals surface area contributed by atoms with Crippen LogP contribution >= 0.6 is 11.6 Å². The molecular weight excluding hydrogens is 155 g/mol. The van der Waals surface area contributed by atoms with Gasteiger partial charge < -0.3 is 5.73 Å². The Hall–Kier alpha value is -0.830. The van der Waals surface area contributed by atoms with Crippen LogP contribution < -0.4 is 5.73 Å². The molecule has 0 radical (unpaired) electrons. The van der Waals surface area contributed by atoms with Crippen LogP contribution in [-0.2, 0) is 5.88 Å². The van der Waals surface area contributed by atoms with Gasteiger partial charge in [0.25, 0.3) is 0 Å². The second kappa shape index (κ2) is 2.84. The van der Waals surface area contributed by atoms with Gasteiger partial charge in [-0.15, -0.1) is 11.6 Å². The average molecular weight is 161 g/mol. The molecule has 2 nitrogen and oxygen atoms in total. The maximum absolute atomic E-state index is 12.6. The monoisotopic (exact) mass is 160 g/mol. The van der Waals surface area contributed by atoms with Gasteiger partial charge in [-0.3, -0.25) is 4.98 Å². The first-order valence-corrected chi connectivity index (χ1v) is 3.23. The number of hydrogen-bond donors (Lipinski definition) is 1. The van der Waals surface area contributed by atoms with Crippen molar-refractivity contribution in [2.24, 2.45) is 0 Å². The molecule has 0 aliphatic carbocycles. The smallest absolute Gasteiger partial charge is 0.147 e. The summed E-state index contributed by atoms with van der Waals surface area (Å²) in [5.74, 6) is -0.374. The van der Waals surface area contributed by atoms with Crippen LogP contribution in [0.2, 0.25) is 0 Å². The normalized spacial score (nSPS) is 9.80. The number of nitrogens with two attached hydrogens (primary N) is 1. The summed E-state index contributed by atoms with van der Waals surface area (Å²) in [6.45, 7) is 0. The number of anilines is 1. The first-order valence-electron chi connectivity index (χ1n) is 2.70. The number of aromatic nitrogens is 1. The van der Waals surface area contributed by atoms with Gasteiger partial charge in [0.2, 0.25) is 0 Å². The van der Waals surface area contributed by atoms with Crippen LogP contribution in [0.1, 0.15) is 5.69 Å². The van der Waals surface area contributed by atoms with Gasteiger partial charge in [-0.05, 0) is 0 Å².